The summed E-state index contributed by atoms with van der Waals surface area (Å²) in [7, 11) is 0. The van der Waals surface area contributed by atoms with Crippen molar-refractivity contribution in [1.82, 2.24) is 5.32 Å². The van der Waals surface area contributed by atoms with Crippen LogP contribution in [0, 0.1) is 0 Å². The number of carboxylic acids is 1. The van der Waals surface area contributed by atoms with Crippen LogP contribution in [0.3, 0.4) is 0 Å². The molecule has 0 aliphatic heterocycles. The van der Waals surface area contributed by atoms with Crippen LogP contribution in [0.5, 0.6) is 0 Å². The lowest BCUT2D eigenvalue weighted by molar-refractivity contribution is -0.131. The van der Waals surface area contributed by atoms with Crippen LogP contribution in [0.25, 0.3) is 0 Å². The molecule has 0 aromatic carbocycles. The van der Waals surface area contributed by atoms with Gasteiger partial charge in [0.2, 0.25) is 5.91 Å². The first-order valence-electron chi connectivity index (χ1n) is 4.39. The maximum Gasteiger partial charge on any atom is 0.328 e. The third kappa shape index (κ3) is 8.73. The Morgan fingerprint density at radius 3 is 2.57 bits per heavy atom. The summed E-state index contributed by atoms with van der Waals surface area (Å²) in [5.74, 6) is -1.58. The van der Waals surface area contributed by atoms with Gasteiger partial charge in [0.1, 0.15) is 0 Å². The minimum atomic E-state index is -1.15. The molecule has 14 heavy (non-hydrogen) atoms. The lowest BCUT2D eigenvalue weighted by atomic mass is 10.2. The second-order valence-electron chi connectivity index (χ2n) is 2.95. The summed E-state index contributed by atoms with van der Waals surface area (Å²) in [6, 6.07) is 0. The number of carbonyl (C=O) groups excluding carboxylic acids is 1. The fourth-order valence-corrected chi connectivity index (χ4v) is 0.815. The average molecular weight is 201 g/mol. The maximum absolute atomic E-state index is 10.9. The van der Waals surface area contributed by atoms with Gasteiger partial charge in [-0.1, -0.05) is 0 Å². The topological polar surface area (TPSA) is 86.6 Å². The number of amides is 1. The first-order valence-corrected chi connectivity index (χ1v) is 4.39. The summed E-state index contributed by atoms with van der Waals surface area (Å²) >= 11 is 0. The van der Waals surface area contributed by atoms with E-state index in [0.29, 0.717) is 19.4 Å². The molecule has 0 aliphatic rings. The summed E-state index contributed by atoms with van der Waals surface area (Å²) in [4.78, 5) is 20.9. The first-order chi connectivity index (χ1) is 6.52. The SMILES string of the molecule is CC(O)CCCNC(=O)/C=C/C(=O)O. The van der Waals surface area contributed by atoms with Gasteiger partial charge in [0.15, 0.2) is 0 Å². The highest BCUT2D eigenvalue weighted by Crippen LogP contribution is 1.93. The van der Waals surface area contributed by atoms with Gasteiger partial charge in [0.05, 0.1) is 6.10 Å². The lowest BCUT2D eigenvalue weighted by Gasteiger charge is -2.03. The van der Waals surface area contributed by atoms with Crippen molar-refractivity contribution < 1.29 is 19.8 Å². The molecule has 0 rings (SSSR count). The minimum absolute atomic E-state index is 0.374. The molecule has 0 saturated heterocycles. The number of aliphatic hydroxyl groups excluding tert-OH is 1. The van der Waals surface area contributed by atoms with Crippen LogP contribution in [-0.2, 0) is 9.59 Å². The standard InChI is InChI=1S/C9H15NO4/c1-7(11)3-2-6-10-8(12)4-5-9(13)14/h4-5,7,11H,2-3,6H2,1H3,(H,10,12)(H,13,14)/b5-4+. The monoisotopic (exact) mass is 201 g/mol. The van der Waals surface area contributed by atoms with Gasteiger partial charge in [-0.3, -0.25) is 4.79 Å². The Labute approximate surface area is 82.4 Å². The molecule has 1 atom stereocenters. The Bertz CT molecular complexity index is 223. The Kier molecular flexibility index (Phi) is 6.39. The predicted molar refractivity (Wildman–Crippen MR) is 50.7 cm³/mol. The van der Waals surface area contributed by atoms with E-state index < -0.39 is 11.9 Å². The first kappa shape index (κ1) is 12.6. The molecule has 3 N–H and O–H groups in total. The molecule has 5 heteroatoms. The highest BCUT2D eigenvalue weighted by Gasteiger charge is 1.98. The van der Waals surface area contributed by atoms with Crippen molar-refractivity contribution in [3.63, 3.8) is 0 Å². The van der Waals surface area contributed by atoms with E-state index in [1.807, 2.05) is 0 Å². The zero-order valence-corrected chi connectivity index (χ0v) is 8.06. The van der Waals surface area contributed by atoms with Crippen LogP contribution in [-0.4, -0.2) is 34.7 Å². The summed E-state index contributed by atoms with van der Waals surface area (Å²) < 4.78 is 0. The van der Waals surface area contributed by atoms with Gasteiger partial charge in [-0.05, 0) is 19.8 Å². The van der Waals surface area contributed by atoms with E-state index in [2.05, 4.69) is 5.32 Å². The number of aliphatic carboxylic acids is 1. The number of nitrogens with one attached hydrogen (secondary N) is 1. The van der Waals surface area contributed by atoms with Crippen LogP contribution in [0.2, 0.25) is 0 Å². The van der Waals surface area contributed by atoms with E-state index in [-0.39, 0.29) is 6.10 Å². The molecular weight excluding hydrogens is 186 g/mol. The second-order valence-corrected chi connectivity index (χ2v) is 2.95. The van der Waals surface area contributed by atoms with Crippen molar-refractivity contribution in [2.24, 2.45) is 0 Å². The number of hydrogen-bond donors (Lipinski definition) is 3. The molecule has 0 aromatic rings. The van der Waals surface area contributed by atoms with Crippen LogP contribution in [0.1, 0.15) is 19.8 Å². The van der Waals surface area contributed by atoms with Gasteiger partial charge < -0.3 is 15.5 Å². The van der Waals surface area contributed by atoms with Crippen molar-refractivity contribution >= 4 is 11.9 Å². The average Bonchev–Trinajstić information content (AvgIpc) is 2.08. The zero-order valence-electron chi connectivity index (χ0n) is 8.06. The van der Waals surface area contributed by atoms with Crippen LogP contribution in [0.15, 0.2) is 12.2 Å². The highest BCUT2D eigenvalue weighted by atomic mass is 16.4. The van der Waals surface area contributed by atoms with E-state index >= 15 is 0 Å². The molecule has 0 fully saturated rings. The number of carbonyl (C=O) groups is 2. The van der Waals surface area contributed by atoms with E-state index in [9.17, 15) is 9.59 Å². The van der Waals surface area contributed by atoms with Crippen molar-refractivity contribution in [1.29, 1.82) is 0 Å². The normalized spacial score (nSPS) is 12.7. The fraction of sp³-hybridized carbons (Fsp3) is 0.556. The van der Waals surface area contributed by atoms with Crippen LogP contribution >= 0.6 is 0 Å². The predicted octanol–water partition coefficient (Wildman–Crippen LogP) is -0.0956. The molecule has 80 valence electrons. The molecular formula is C9H15NO4. The third-order valence-corrected chi connectivity index (χ3v) is 1.48. The largest absolute Gasteiger partial charge is 0.478 e. The van der Waals surface area contributed by atoms with Gasteiger partial charge in [0.25, 0.3) is 0 Å². The fourth-order valence-electron chi connectivity index (χ4n) is 0.815. The number of aliphatic hydroxyl groups is 1. The van der Waals surface area contributed by atoms with Crippen LogP contribution < -0.4 is 5.32 Å². The summed E-state index contributed by atoms with van der Waals surface area (Å²) in [5.41, 5.74) is 0. The van der Waals surface area contributed by atoms with E-state index in [1.54, 1.807) is 6.92 Å². The Morgan fingerprint density at radius 2 is 2.07 bits per heavy atom. The van der Waals surface area contributed by atoms with Crippen molar-refractivity contribution in [2.45, 2.75) is 25.9 Å². The third-order valence-electron chi connectivity index (χ3n) is 1.48. The lowest BCUT2D eigenvalue weighted by Crippen LogP contribution is -2.23. The minimum Gasteiger partial charge on any atom is -0.478 e. The van der Waals surface area contributed by atoms with Crippen molar-refractivity contribution in [3.8, 4) is 0 Å². The van der Waals surface area contributed by atoms with E-state index in [4.69, 9.17) is 10.2 Å². The number of rotatable bonds is 6. The number of hydrogen-bond acceptors (Lipinski definition) is 3. The van der Waals surface area contributed by atoms with Crippen LogP contribution in [0.4, 0.5) is 0 Å². The number of carboxylic acid groups (broad SMARTS) is 1. The quantitative estimate of drug-likeness (QED) is 0.414. The smallest absolute Gasteiger partial charge is 0.328 e. The highest BCUT2D eigenvalue weighted by molar-refractivity contribution is 5.93. The van der Waals surface area contributed by atoms with Gasteiger partial charge in [-0.15, -0.1) is 0 Å². The molecule has 0 spiro atoms. The Balaban J connectivity index is 3.50. The van der Waals surface area contributed by atoms with E-state index in [1.165, 1.54) is 0 Å². The van der Waals surface area contributed by atoms with Gasteiger partial charge >= 0.3 is 5.97 Å². The summed E-state index contributed by atoms with van der Waals surface area (Å²) in [6.07, 6.45) is 2.66. The molecule has 1 unspecified atom stereocenters. The molecule has 0 saturated carbocycles. The Hall–Kier alpha value is -1.36. The zero-order chi connectivity index (χ0) is 11.0. The molecule has 0 radical (unpaired) electrons. The van der Waals surface area contributed by atoms with Crippen molar-refractivity contribution in [2.75, 3.05) is 6.54 Å². The van der Waals surface area contributed by atoms with Gasteiger partial charge in [-0.2, -0.15) is 0 Å². The maximum atomic E-state index is 10.9. The summed E-state index contributed by atoms with van der Waals surface area (Å²) in [5, 5.41) is 19.6. The molecule has 0 aromatic heterocycles. The second kappa shape index (κ2) is 7.08. The van der Waals surface area contributed by atoms with Gasteiger partial charge in [0, 0.05) is 18.7 Å². The van der Waals surface area contributed by atoms with E-state index in [0.717, 1.165) is 12.2 Å². The molecule has 0 heterocycles. The van der Waals surface area contributed by atoms with Gasteiger partial charge in [-0.25, -0.2) is 4.79 Å². The molecule has 5 nitrogen and oxygen atoms in total. The molecule has 1 amide bonds. The summed E-state index contributed by atoms with van der Waals surface area (Å²) in [6.45, 7) is 2.11. The molecule has 0 aliphatic carbocycles. The molecule has 0 bridgehead atoms. The Morgan fingerprint density at radius 1 is 1.43 bits per heavy atom. The van der Waals surface area contributed by atoms with Crippen molar-refractivity contribution in [3.05, 3.63) is 12.2 Å².